The zero-order valence-electron chi connectivity index (χ0n) is 13.0. The molecule has 4 rings (SSSR count). The van der Waals surface area contributed by atoms with Crippen molar-refractivity contribution < 1.29 is 9.90 Å². The van der Waals surface area contributed by atoms with Gasteiger partial charge in [0.1, 0.15) is 0 Å². The minimum absolute atomic E-state index is 0.386. The molecule has 23 heavy (non-hydrogen) atoms. The Morgan fingerprint density at radius 3 is 2.87 bits per heavy atom. The molecule has 0 spiro atoms. The van der Waals surface area contributed by atoms with E-state index in [9.17, 15) is 9.90 Å². The van der Waals surface area contributed by atoms with Gasteiger partial charge in [0.2, 0.25) is 0 Å². The first-order valence-corrected chi connectivity index (χ1v) is 7.87. The lowest BCUT2D eigenvalue weighted by atomic mass is 10.0. The van der Waals surface area contributed by atoms with Gasteiger partial charge < -0.3 is 15.0 Å². The predicted octanol–water partition coefficient (Wildman–Crippen LogP) is 4.00. The number of hydrogen-bond donors (Lipinski definition) is 2. The maximum absolute atomic E-state index is 11.7. The summed E-state index contributed by atoms with van der Waals surface area (Å²) in [5, 5.41) is 13.8. The first-order valence-electron chi connectivity index (χ1n) is 7.87. The number of fused-ring (bicyclic) bond motifs is 2. The van der Waals surface area contributed by atoms with Gasteiger partial charge in [-0.25, -0.2) is 4.79 Å². The van der Waals surface area contributed by atoms with E-state index in [1.807, 2.05) is 35.8 Å². The van der Waals surface area contributed by atoms with Crippen molar-refractivity contribution in [2.24, 2.45) is 0 Å². The van der Waals surface area contributed by atoms with Crippen LogP contribution in [0.5, 0.6) is 0 Å². The van der Waals surface area contributed by atoms with Crippen LogP contribution in [0.25, 0.3) is 16.6 Å². The van der Waals surface area contributed by atoms with Crippen LogP contribution in [0, 0.1) is 6.92 Å². The molecule has 1 aliphatic rings. The second-order valence-corrected chi connectivity index (χ2v) is 5.99. The van der Waals surface area contributed by atoms with Crippen LogP contribution in [-0.2, 0) is 6.42 Å². The van der Waals surface area contributed by atoms with Crippen LogP contribution in [0.3, 0.4) is 0 Å². The van der Waals surface area contributed by atoms with Gasteiger partial charge >= 0.3 is 5.97 Å². The molecule has 1 aliphatic heterocycles. The third-order valence-corrected chi connectivity index (χ3v) is 4.61. The normalized spacial score (nSPS) is 13.6. The average Bonchev–Trinajstić information content (AvgIpc) is 2.86. The zero-order valence-corrected chi connectivity index (χ0v) is 13.0. The van der Waals surface area contributed by atoms with Gasteiger partial charge in [-0.3, -0.25) is 0 Å². The molecular formula is C19H18N2O2. The minimum Gasteiger partial charge on any atom is -0.478 e. The Hall–Kier alpha value is -2.75. The Bertz CT molecular complexity index is 925. The molecule has 2 heterocycles. The van der Waals surface area contributed by atoms with Crippen LogP contribution in [0.1, 0.15) is 28.0 Å². The van der Waals surface area contributed by atoms with E-state index in [0.717, 1.165) is 41.7 Å². The fourth-order valence-electron chi connectivity index (χ4n) is 3.57. The van der Waals surface area contributed by atoms with Crippen LogP contribution in [0.4, 0.5) is 5.69 Å². The van der Waals surface area contributed by atoms with E-state index in [0.29, 0.717) is 5.56 Å². The molecule has 0 saturated heterocycles. The summed E-state index contributed by atoms with van der Waals surface area (Å²) in [6.45, 7) is 2.89. The Morgan fingerprint density at radius 2 is 2.04 bits per heavy atom. The van der Waals surface area contributed by atoms with Gasteiger partial charge in [0.15, 0.2) is 0 Å². The maximum atomic E-state index is 11.7. The quantitative estimate of drug-likeness (QED) is 0.752. The molecule has 2 N–H and O–H groups in total. The average molecular weight is 306 g/mol. The van der Waals surface area contributed by atoms with Crippen molar-refractivity contribution in [2.45, 2.75) is 19.8 Å². The van der Waals surface area contributed by atoms with Crippen LogP contribution >= 0.6 is 0 Å². The summed E-state index contributed by atoms with van der Waals surface area (Å²) in [5.74, 6) is -0.878. The highest BCUT2D eigenvalue weighted by atomic mass is 16.4. The topological polar surface area (TPSA) is 54.3 Å². The number of para-hydroxylation sites is 1. The first-order chi connectivity index (χ1) is 11.2. The van der Waals surface area contributed by atoms with Crippen molar-refractivity contribution >= 4 is 22.6 Å². The molecule has 0 bridgehead atoms. The van der Waals surface area contributed by atoms with Gasteiger partial charge in [-0.15, -0.1) is 0 Å². The summed E-state index contributed by atoms with van der Waals surface area (Å²) < 4.78 is 2.05. The second-order valence-electron chi connectivity index (χ2n) is 5.99. The number of rotatable bonds is 2. The standard InChI is InChI=1S/C19H18N2O2/c1-12-18(19(22)23)15-6-2-3-7-17(15)21(12)14-8-9-16-13(11-14)5-4-10-20-16/h2-3,6-9,11,20H,4-5,10H2,1H3,(H,22,23). The molecule has 2 aromatic carbocycles. The fourth-order valence-corrected chi connectivity index (χ4v) is 3.57. The number of benzene rings is 2. The molecule has 1 aromatic heterocycles. The third kappa shape index (κ3) is 2.10. The van der Waals surface area contributed by atoms with E-state index < -0.39 is 5.97 Å². The predicted molar refractivity (Wildman–Crippen MR) is 91.8 cm³/mol. The van der Waals surface area contributed by atoms with Crippen molar-refractivity contribution in [2.75, 3.05) is 11.9 Å². The Kier molecular flexibility index (Phi) is 3.11. The second kappa shape index (κ2) is 5.16. The summed E-state index contributed by atoms with van der Waals surface area (Å²) in [6, 6.07) is 14.0. The van der Waals surface area contributed by atoms with E-state index in [-0.39, 0.29) is 0 Å². The summed E-state index contributed by atoms with van der Waals surface area (Å²) >= 11 is 0. The molecule has 3 aromatic rings. The van der Waals surface area contributed by atoms with E-state index in [2.05, 4.69) is 23.5 Å². The van der Waals surface area contributed by atoms with Gasteiger partial charge in [0.25, 0.3) is 0 Å². The molecule has 0 saturated carbocycles. The highest BCUT2D eigenvalue weighted by molar-refractivity contribution is 6.05. The summed E-state index contributed by atoms with van der Waals surface area (Å²) in [4.78, 5) is 11.7. The number of nitrogens with zero attached hydrogens (tertiary/aromatic N) is 1. The molecule has 0 radical (unpaired) electrons. The molecule has 0 amide bonds. The van der Waals surface area contributed by atoms with Crippen LogP contribution in [-0.4, -0.2) is 22.2 Å². The van der Waals surface area contributed by atoms with E-state index in [1.54, 1.807) is 0 Å². The van der Waals surface area contributed by atoms with Gasteiger partial charge in [-0.1, -0.05) is 18.2 Å². The number of hydrogen-bond acceptors (Lipinski definition) is 2. The Balaban J connectivity index is 1.99. The largest absolute Gasteiger partial charge is 0.478 e. The van der Waals surface area contributed by atoms with Crippen molar-refractivity contribution in [3.63, 3.8) is 0 Å². The lowest BCUT2D eigenvalue weighted by molar-refractivity contribution is 0.0698. The van der Waals surface area contributed by atoms with Gasteiger partial charge in [0, 0.05) is 29.0 Å². The van der Waals surface area contributed by atoms with E-state index in [4.69, 9.17) is 0 Å². The number of aryl methyl sites for hydroxylation is 1. The first kappa shape index (κ1) is 13.9. The van der Waals surface area contributed by atoms with Gasteiger partial charge in [0.05, 0.1) is 11.1 Å². The molecule has 0 atom stereocenters. The van der Waals surface area contributed by atoms with Crippen LogP contribution in [0.2, 0.25) is 0 Å². The highest BCUT2D eigenvalue weighted by Crippen LogP contribution is 2.31. The monoisotopic (exact) mass is 306 g/mol. The number of aromatic carboxylic acids is 1. The smallest absolute Gasteiger partial charge is 0.338 e. The van der Waals surface area contributed by atoms with Crippen molar-refractivity contribution in [3.8, 4) is 5.69 Å². The molecule has 0 aliphatic carbocycles. The molecule has 0 unspecified atom stereocenters. The Labute approximate surface area is 134 Å². The number of carboxylic acids is 1. The third-order valence-electron chi connectivity index (χ3n) is 4.61. The molecule has 4 heteroatoms. The van der Waals surface area contributed by atoms with Gasteiger partial charge in [-0.05, 0) is 49.6 Å². The summed E-state index contributed by atoms with van der Waals surface area (Å²) in [7, 11) is 0. The Morgan fingerprint density at radius 1 is 1.22 bits per heavy atom. The van der Waals surface area contributed by atoms with Crippen LogP contribution < -0.4 is 5.32 Å². The lowest BCUT2D eigenvalue weighted by Crippen LogP contribution is -2.12. The minimum atomic E-state index is -0.878. The summed E-state index contributed by atoms with van der Waals surface area (Å²) in [5.41, 5.74) is 5.59. The molecular weight excluding hydrogens is 288 g/mol. The highest BCUT2D eigenvalue weighted by Gasteiger charge is 2.20. The van der Waals surface area contributed by atoms with Gasteiger partial charge in [-0.2, -0.15) is 0 Å². The van der Waals surface area contributed by atoms with Crippen molar-refractivity contribution in [1.82, 2.24) is 4.57 Å². The number of nitrogens with one attached hydrogen (secondary N) is 1. The van der Waals surface area contributed by atoms with E-state index >= 15 is 0 Å². The SMILES string of the molecule is Cc1c(C(=O)O)c2ccccc2n1-c1ccc2c(c1)CCCN2. The number of aromatic nitrogens is 1. The van der Waals surface area contributed by atoms with E-state index in [1.165, 1.54) is 11.3 Å². The van der Waals surface area contributed by atoms with Crippen molar-refractivity contribution in [3.05, 3.63) is 59.3 Å². The number of carbonyl (C=O) groups is 1. The molecule has 4 nitrogen and oxygen atoms in total. The summed E-state index contributed by atoms with van der Waals surface area (Å²) in [6.07, 6.45) is 2.18. The number of anilines is 1. The van der Waals surface area contributed by atoms with Crippen LogP contribution in [0.15, 0.2) is 42.5 Å². The maximum Gasteiger partial charge on any atom is 0.338 e. The number of carboxylic acid groups (broad SMARTS) is 1. The lowest BCUT2D eigenvalue weighted by Gasteiger charge is -2.19. The molecule has 0 fully saturated rings. The fraction of sp³-hybridized carbons (Fsp3) is 0.211. The molecule has 116 valence electrons. The zero-order chi connectivity index (χ0) is 16.0. The van der Waals surface area contributed by atoms with Crippen molar-refractivity contribution in [1.29, 1.82) is 0 Å².